The van der Waals surface area contributed by atoms with Crippen LogP contribution >= 0.6 is 7.75 Å². The topological polar surface area (TPSA) is 158 Å². The van der Waals surface area contributed by atoms with E-state index in [0.29, 0.717) is 11.6 Å². The van der Waals surface area contributed by atoms with Crippen molar-refractivity contribution in [3.63, 3.8) is 0 Å². The Labute approximate surface area is 240 Å². The zero-order valence-corrected chi connectivity index (χ0v) is 23.8. The first kappa shape index (κ1) is 30.1. The quantitative estimate of drug-likeness (QED) is 0.231. The van der Waals surface area contributed by atoms with Gasteiger partial charge in [0.15, 0.2) is 0 Å². The Morgan fingerprint density at radius 1 is 1.19 bits per heavy atom. The highest BCUT2D eigenvalue weighted by Crippen LogP contribution is 2.47. The summed E-state index contributed by atoms with van der Waals surface area (Å²) in [4.78, 5) is 38.3. The van der Waals surface area contributed by atoms with Gasteiger partial charge in [-0.05, 0) is 44.1 Å². The van der Waals surface area contributed by atoms with Crippen molar-refractivity contribution in [1.82, 2.24) is 14.6 Å². The third-order valence-electron chi connectivity index (χ3n) is 7.36. The van der Waals surface area contributed by atoms with Gasteiger partial charge in [-0.1, -0.05) is 42.8 Å². The normalized spacial score (nSPS) is 23.4. The van der Waals surface area contributed by atoms with Crippen LogP contribution < -0.4 is 20.9 Å². The Hall–Kier alpha value is -3.35. The van der Waals surface area contributed by atoms with Gasteiger partial charge in [0.1, 0.15) is 30.2 Å². The summed E-state index contributed by atoms with van der Waals surface area (Å²) in [7, 11) is -4.32. The van der Waals surface area contributed by atoms with Crippen LogP contribution in [-0.2, 0) is 23.4 Å². The van der Waals surface area contributed by atoms with Crippen LogP contribution in [0.4, 0.5) is 4.39 Å². The number of aromatic nitrogens is 2. The van der Waals surface area contributed by atoms with E-state index >= 15 is 0 Å². The molecule has 1 saturated carbocycles. The minimum atomic E-state index is -4.32. The summed E-state index contributed by atoms with van der Waals surface area (Å²) in [6.07, 6.45) is 1.47. The Bertz CT molecular complexity index is 1580. The highest BCUT2D eigenvalue weighted by Gasteiger charge is 2.40. The highest BCUT2D eigenvalue weighted by atomic mass is 31.2. The number of H-pyrrole nitrogens is 1. The van der Waals surface area contributed by atoms with Crippen molar-refractivity contribution in [2.45, 2.75) is 76.0 Å². The zero-order chi connectivity index (χ0) is 29.9. The van der Waals surface area contributed by atoms with Crippen molar-refractivity contribution >= 4 is 24.5 Å². The number of benzene rings is 2. The van der Waals surface area contributed by atoms with Crippen LogP contribution in [0.3, 0.4) is 0 Å². The van der Waals surface area contributed by atoms with Crippen LogP contribution in [0, 0.1) is 5.82 Å². The molecule has 0 spiro atoms. The van der Waals surface area contributed by atoms with Gasteiger partial charge in [-0.2, -0.15) is 9.48 Å². The number of halogens is 1. The molecule has 2 aliphatic rings. The number of carbonyl (C=O) groups is 1. The minimum Gasteiger partial charge on any atom is -0.461 e. The molecular weight excluding hydrogens is 572 g/mol. The average molecular weight is 606 g/mol. The molecule has 1 aliphatic heterocycles. The summed E-state index contributed by atoms with van der Waals surface area (Å²) < 4.78 is 51.7. The predicted molar refractivity (Wildman–Crippen MR) is 150 cm³/mol. The van der Waals surface area contributed by atoms with Gasteiger partial charge in [-0.15, -0.1) is 0 Å². The first-order valence-electron chi connectivity index (χ1n) is 13.9. The van der Waals surface area contributed by atoms with Gasteiger partial charge in [0.25, 0.3) is 5.56 Å². The molecule has 0 radical (unpaired) electrons. The maximum absolute atomic E-state index is 14.1. The molecule has 12 nitrogen and oxygen atoms in total. The van der Waals surface area contributed by atoms with Gasteiger partial charge >= 0.3 is 19.4 Å². The molecule has 14 heteroatoms. The largest absolute Gasteiger partial charge is 0.461 e. The number of fused-ring (bicyclic) bond motifs is 1. The Morgan fingerprint density at radius 2 is 1.93 bits per heavy atom. The molecule has 1 aromatic heterocycles. The zero-order valence-electron chi connectivity index (χ0n) is 22.9. The Morgan fingerprint density at radius 3 is 2.71 bits per heavy atom. The molecule has 42 heavy (non-hydrogen) atoms. The molecule has 0 amide bonds. The van der Waals surface area contributed by atoms with Crippen LogP contribution in [0.1, 0.15) is 51.7 Å². The lowest BCUT2D eigenvalue weighted by Crippen LogP contribution is -2.38. The lowest BCUT2D eigenvalue weighted by atomic mass is 9.98. The SMILES string of the molecule is C[C@H](NP(=O)(OCC1O[C@@H](n2cc(F)c(=O)[nH]c2=O)C[C@H]1O)Oc1cccc2ccccc12)C(=O)OC1CCCCC1. The van der Waals surface area contributed by atoms with E-state index in [4.69, 9.17) is 18.5 Å². The van der Waals surface area contributed by atoms with E-state index in [-0.39, 0.29) is 18.3 Å². The molecule has 5 rings (SSSR count). The second-order valence-electron chi connectivity index (χ2n) is 10.5. The van der Waals surface area contributed by atoms with E-state index in [9.17, 15) is 28.4 Å². The fourth-order valence-electron chi connectivity index (χ4n) is 5.12. The molecule has 2 unspecified atom stereocenters. The molecule has 226 valence electrons. The molecule has 2 heterocycles. The fourth-order valence-corrected chi connectivity index (χ4v) is 6.64. The van der Waals surface area contributed by atoms with Crippen LogP contribution in [0.25, 0.3) is 10.8 Å². The second-order valence-corrected chi connectivity index (χ2v) is 12.2. The number of esters is 1. The fraction of sp³-hybridized carbons (Fsp3) is 0.464. The summed E-state index contributed by atoms with van der Waals surface area (Å²) in [5.74, 6) is -1.57. The van der Waals surface area contributed by atoms with Crippen LogP contribution in [0.5, 0.6) is 5.75 Å². The molecule has 1 aliphatic carbocycles. The number of carbonyl (C=O) groups excluding carboxylic acids is 1. The number of hydrogen-bond acceptors (Lipinski definition) is 9. The van der Waals surface area contributed by atoms with Crippen molar-refractivity contribution in [1.29, 1.82) is 0 Å². The number of rotatable bonds is 10. The van der Waals surface area contributed by atoms with Crippen molar-refractivity contribution in [3.05, 3.63) is 75.3 Å². The van der Waals surface area contributed by atoms with Gasteiger partial charge in [0.2, 0.25) is 5.82 Å². The number of nitrogens with one attached hydrogen (secondary N) is 2. The summed E-state index contributed by atoms with van der Waals surface area (Å²) in [5.41, 5.74) is -2.10. The third-order valence-corrected chi connectivity index (χ3v) is 8.99. The van der Waals surface area contributed by atoms with E-state index in [1.165, 1.54) is 6.92 Å². The van der Waals surface area contributed by atoms with Crippen molar-refractivity contribution in [2.75, 3.05) is 6.61 Å². The summed E-state index contributed by atoms with van der Waals surface area (Å²) in [5, 5.41) is 14.7. The molecule has 5 atom stereocenters. The number of ether oxygens (including phenoxy) is 2. The smallest absolute Gasteiger partial charge is 0.459 e. The summed E-state index contributed by atoms with van der Waals surface area (Å²) in [6.45, 7) is 1.01. The maximum Gasteiger partial charge on any atom is 0.459 e. The maximum atomic E-state index is 14.1. The monoisotopic (exact) mass is 605 g/mol. The second kappa shape index (κ2) is 12.9. The lowest BCUT2D eigenvalue weighted by molar-refractivity contribution is -0.152. The van der Waals surface area contributed by atoms with Gasteiger partial charge < -0.3 is 19.1 Å². The van der Waals surface area contributed by atoms with Crippen molar-refractivity contribution in [2.24, 2.45) is 0 Å². The average Bonchev–Trinajstić information content (AvgIpc) is 3.34. The third kappa shape index (κ3) is 6.99. The van der Waals surface area contributed by atoms with Gasteiger partial charge in [-0.3, -0.25) is 23.7 Å². The molecule has 2 aromatic carbocycles. The van der Waals surface area contributed by atoms with Crippen LogP contribution in [-0.4, -0.2) is 51.6 Å². The van der Waals surface area contributed by atoms with Crippen molar-refractivity contribution in [3.8, 4) is 5.75 Å². The number of aliphatic hydroxyl groups is 1. The highest BCUT2D eigenvalue weighted by molar-refractivity contribution is 7.52. The number of aromatic amines is 1. The number of nitrogens with zero attached hydrogens (tertiary/aromatic N) is 1. The Kier molecular flexibility index (Phi) is 9.24. The molecule has 3 aromatic rings. The van der Waals surface area contributed by atoms with Gasteiger partial charge in [0, 0.05) is 11.8 Å². The summed E-state index contributed by atoms with van der Waals surface area (Å²) >= 11 is 0. The number of hydrogen-bond donors (Lipinski definition) is 3. The molecule has 3 N–H and O–H groups in total. The van der Waals surface area contributed by atoms with Crippen LogP contribution in [0.15, 0.2) is 58.3 Å². The molecule has 1 saturated heterocycles. The van der Waals surface area contributed by atoms with Crippen molar-refractivity contribution < 1.29 is 37.4 Å². The standard InChI is InChI=1S/C28H33FN3O9P/c1-17(27(35)39-19-10-3-2-4-11-19)31-42(37,41-23-13-7-9-18-8-5-6-12-20(18)23)38-16-24-22(33)14-25(40-24)32-15-21(29)26(34)30-28(32)36/h5-9,12-13,15,17,19,22,24-25,33H,2-4,10-11,14,16H2,1H3,(H,31,37)(H,30,34,36)/t17-,22+,24?,25+,42?/m0/s1. The first-order chi connectivity index (χ1) is 20.1. The van der Waals surface area contributed by atoms with E-state index in [2.05, 4.69) is 5.09 Å². The minimum absolute atomic E-state index is 0.133. The summed E-state index contributed by atoms with van der Waals surface area (Å²) in [6, 6.07) is 11.4. The molecule has 2 fully saturated rings. The molecule has 0 bridgehead atoms. The molecular formula is C28H33FN3O9P. The van der Waals surface area contributed by atoms with E-state index < -0.39 is 61.9 Å². The Balaban J connectivity index is 1.33. The van der Waals surface area contributed by atoms with E-state index in [1.54, 1.807) is 24.3 Å². The van der Waals surface area contributed by atoms with Crippen LogP contribution in [0.2, 0.25) is 0 Å². The van der Waals surface area contributed by atoms with Gasteiger partial charge in [-0.25, -0.2) is 9.36 Å². The van der Waals surface area contributed by atoms with E-state index in [0.717, 1.165) is 42.1 Å². The van der Waals surface area contributed by atoms with E-state index in [1.807, 2.05) is 23.2 Å². The lowest BCUT2D eigenvalue weighted by Gasteiger charge is -2.27. The first-order valence-corrected chi connectivity index (χ1v) is 15.4. The predicted octanol–water partition coefficient (Wildman–Crippen LogP) is 3.54. The number of aliphatic hydroxyl groups excluding tert-OH is 1. The van der Waals surface area contributed by atoms with Gasteiger partial charge in [0.05, 0.1) is 18.9 Å².